The van der Waals surface area contributed by atoms with E-state index < -0.39 is 0 Å². The van der Waals surface area contributed by atoms with Gasteiger partial charge in [0.05, 0.1) is 0 Å². The molecule has 2 rings (SSSR count). The first kappa shape index (κ1) is 14.8. The second-order valence-electron chi connectivity index (χ2n) is 6.09. The van der Waals surface area contributed by atoms with Gasteiger partial charge in [-0.2, -0.15) is 0 Å². The van der Waals surface area contributed by atoms with Gasteiger partial charge in [0, 0.05) is 25.9 Å². The molecule has 1 aliphatic rings. The Morgan fingerprint density at radius 2 is 2.15 bits per heavy atom. The van der Waals surface area contributed by atoms with Crippen LogP contribution >= 0.6 is 0 Å². The Bertz CT molecular complexity index is 496. The van der Waals surface area contributed by atoms with Gasteiger partial charge in [0.15, 0.2) is 0 Å². The highest BCUT2D eigenvalue weighted by atomic mass is 16.2. The zero-order valence-corrected chi connectivity index (χ0v) is 12.5. The number of carbonyl (C=O) groups is 2. The summed E-state index contributed by atoms with van der Waals surface area (Å²) in [5, 5.41) is 0. The van der Waals surface area contributed by atoms with E-state index in [0.29, 0.717) is 19.0 Å². The molecule has 1 heterocycles. The summed E-state index contributed by atoms with van der Waals surface area (Å²) in [5.74, 6) is 0.796. The Labute approximate surface area is 121 Å². The zero-order chi connectivity index (χ0) is 14.7. The van der Waals surface area contributed by atoms with Crippen molar-refractivity contribution in [3.8, 4) is 0 Å². The molecule has 0 N–H and O–H groups in total. The lowest BCUT2D eigenvalue weighted by Crippen LogP contribution is -2.26. The van der Waals surface area contributed by atoms with E-state index in [1.54, 1.807) is 11.8 Å². The maximum absolute atomic E-state index is 11.5. The van der Waals surface area contributed by atoms with Crippen LogP contribution in [0.1, 0.15) is 37.8 Å². The van der Waals surface area contributed by atoms with Crippen molar-refractivity contribution in [3.05, 3.63) is 35.4 Å². The minimum Gasteiger partial charge on any atom is -0.342 e. The smallest absolute Gasteiger partial charge is 0.219 e. The Kier molecular flexibility index (Phi) is 4.58. The summed E-state index contributed by atoms with van der Waals surface area (Å²) in [6.07, 6.45) is 1.88. The second-order valence-corrected chi connectivity index (χ2v) is 6.09. The number of likely N-dealkylation sites (tertiary alicyclic amines) is 1. The molecule has 3 heteroatoms. The quantitative estimate of drug-likeness (QED) is 0.791. The summed E-state index contributed by atoms with van der Waals surface area (Å²) >= 11 is 0. The Morgan fingerprint density at radius 3 is 2.75 bits per heavy atom. The zero-order valence-electron chi connectivity index (χ0n) is 12.5. The summed E-state index contributed by atoms with van der Waals surface area (Å²) in [5.41, 5.74) is 2.59. The first-order valence-electron chi connectivity index (χ1n) is 7.31. The van der Waals surface area contributed by atoms with Crippen molar-refractivity contribution in [2.75, 3.05) is 13.1 Å². The van der Waals surface area contributed by atoms with Gasteiger partial charge in [-0.1, -0.05) is 38.1 Å². The first-order valence-corrected chi connectivity index (χ1v) is 7.31. The van der Waals surface area contributed by atoms with Gasteiger partial charge in [0.25, 0.3) is 0 Å². The molecule has 1 aliphatic heterocycles. The van der Waals surface area contributed by atoms with Gasteiger partial charge in [0.2, 0.25) is 5.91 Å². The van der Waals surface area contributed by atoms with Crippen LogP contribution in [0.25, 0.3) is 0 Å². The van der Waals surface area contributed by atoms with Crippen LogP contribution in [-0.4, -0.2) is 30.2 Å². The lowest BCUT2D eigenvalue weighted by molar-refractivity contribution is -0.128. The average molecular weight is 273 g/mol. The topological polar surface area (TPSA) is 37.4 Å². The number of aldehydes is 1. The predicted octanol–water partition coefficient (Wildman–Crippen LogP) is 2.65. The van der Waals surface area contributed by atoms with E-state index in [0.717, 1.165) is 12.7 Å². The average Bonchev–Trinajstić information content (AvgIpc) is 2.82. The summed E-state index contributed by atoms with van der Waals surface area (Å²) < 4.78 is 0. The molecule has 1 aromatic rings. The highest BCUT2D eigenvalue weighted by molar-refractivity contribution is 5.74. The molecule has 0 aliphatic carbocycles. The van der Waals surface area contributed by atoms with E-state index in [1.165, 1.54) is 11.1 Å². The van der Waals surface area contributed by atoms with Crippen molar-refractivity contribution in [3.63, 3.8) is 0 Å². The van der Waals surface area contributed by atoms with E-state index in [1.807, 2.05) is 0 Å². The first-order chi connectivity index (χ1) is 9.51. The molecule has 0 bridgehead atoms. The second kappa shape index (κ2) is 6.21. The van der Waals surface area contributed by atoms with Crippen molar-refractivity contribution in [1.82, 2.24) is 4.90 Å². The molecule has 0 spiro atoms. The molecule has 2 atom stereocenters. The summed E-state index contributed by atoms with van der Waals surface area (Å²) in [7, 11) is 0. The van der Waals surface area contributed by atoms with Gasteiger partial charge >= 0.3 is 0 Å². The SMILES string of the molecule is CC(=O)N1CC(Cc2cccc(C(C)C)c2)[C@@H](C=O)C1. The van der Waals surface area contributed by atoms with Gasteiger partial charge < -0.3 is 9.69 Å². The van der Waals surface area contributed by atoms with Crippen molar-refractivity contribution in [2.45, 2.75) is 33.1 Å². The molecule has 0 radical (unpaired) electrons. The van der Waals surface area contributed by atoms with E-state index in [4.69, 9.17) is 0 Å². The highest BCUT2D eigenvalue weighted by Gasteiger charge is 2.33. The van der Waals surface area contributed by atoms with Crippen LogP contribution < -0.4 is 0 Å². The lowest BCUT2D eigenvalue weighted by Gasteiger charge is -2.15. The number of hydrogen-bond acceptors (Lipinski definition) is 2. The normalized spacial score (nSPS) is 22.3. The number of carbonyl (C=O) groups excluding carboxylic acids is 2. The fraction of sp³-hybridized carbons (Fsp3) is 0.529. The molecule has 1 fully saturated rings. The number of rotatable bonds is 4. The van der Waals surface area contributed by atoms with Gasteiger partial charge in [0.1, 0.15) is 6.29 Å². The fourth-order valence-electron chi connectivity index (χ4n) is 2.91. The molecule has 1 saturated heterocycles. The van der Waals surface area contributed by atoms with Crippen molar-refractivity contribution in [1.29, 1.82) is 0 Å². The fourth-order valence-corrected chi connectivity index (χ4v) is 2.91. The maximum atomic E-state index is 11.5. The summed E-state index contributed by atoms with van der Waals surface area (Å²) in [4.78, 5) is 24.5. The molecule has 1 amide bonds. The van der Waals surface area contributed by atoms with Crippen LogP contribution in [0, 0.1) is 11.8 Å². The molecule has 0 aromatic heterocycles. The van der Waals surface area contributed by atoms with Crippen LogP contribution in [0.3, 0.4) is 0 Å². The summed E-state index contributed by atoms with van der Waals surface area (Å²) in [6.45, 7) is 7.21. The number of benzene rings is 1. The minimum absolute atomic E-state index is 0.0263. The van der Waals surface area contributed by atoms with Crippen LogP contribution in [-0.2, 0) is 16.0 Å². The van der Waals surface area contributed by atoms with Crippen molar-refractivity contribution >= 4 is 12.2 Å². The third-order valence-electron chi connectivity index (χ3n) is 4.23. The van der Waals surface area contributed by atoms with Gasteiger partial charge in [-0.3, -0.25) is 4.79 Å². The molecule has 1 aromatic carbocycles. The van der Waals surface area contributed by atoms with Crippen LogP contribution in [0.2, 0.25) is 0 Å². The standard InChI is InChI=1S/C17H23NO2/c1-12(2)15-6-4-5-14(7-15)8-16-9-18(13(3)20)10-17(16)11-19/h4-7,11-12,16-17H,8-10H2,1-3H3/t16?,17-/m1/s1. The van der Waals surface area contributed by atoms with Gasteiger partial charge in [-0.25, -0.2) is 0 Å². The van der Waals surface area contributed by atoms with Gasteiger partial charge in [-0.05, 0) is 29.4 Å². The summed E-state index contributed by atoms with van der Waals surface area (Å²) in [6, 6.07) is 8.56. The maximum Gasteiger partial charge on any atom is 0.219 e. The largest absolute Gasteiger partial charge is 0.342 e. The number of hydrogen-bond donors (Lipinski definition) is 0. The monoisotopic (exact) mass is 273 g/mol. The Hall–Kier alpha value is -1.64. The third kappa shape index (κ3) is 3.27. The van der Waals surface area contributed by atoms with Gasteiger partial charge in [-0.15, -0.1) is 0 Å². The highest BCUT2D eigenvalue weighted by Crippen LogP contribution is 2.26. The van der Waals surface area contributed by atoms with E-state index in [9.17, 15) is 9.59 Å². The Morgan fingerprint density at radius 1 is 1.40 bits per heavy atom. The molecule has 1 unspecified atom stereocenters. The van der Waals surface area contributed by atoms with Crippen LogP contribution in [0.4, 0.5) is 0 Å². The van der Waals surface area contributed by atoms with E-state index in [2.05, 4.69) is 38.1 Å². The predicted molar refractivity (Wildman–Crippen MR) is 79.5 cm³/mol. The lowest BCUT2D eigenvalue weighted by atomic mass is 9.89. The third-order valence-corrected chi connectivity index (χ3v) is 4.23. The van der Waals surface area contributed by atoms with Crippen LogP contribution in [0.15, 0.2) is 24.3 Å². The van der Waals surface area contributed by atoms with Crippen molar-refractivity contribution in [2.24, 2.45) is 11.8 Å². The molecular weight excluding hydrogens is 250 g/mol. The molecule has 108 valence electrons. The molecule has 3 nitrogen and oxygen atoms in total. The van der Waals surface area contributed by atoms with Crippen molar-refractivity contribution < 1.29 is 9.59 Å². The van der Waals surface area contributed by atoms with Crippen LogP contribution in [0.5, 0.6) is 0 Å². The number of nitrogens with zero attached hydrogens (tertiary/aromatic N) is 1. The van der Waals surface area contributed by atoms with E-state index in [-0.39, 0.29) is 17.7 Å². The minimum atomic E-state index is -0.0263. The number of amides is 1. The Balaban J connectivity index is 2.10. The molecule has 20 heavy (non-hydrogen) atoms. The van der Waals surface area contributed by atoms with E-state index >= 15 is 0 Å². The molecular formula is C17H23NO2. The molecule has 0 saturated carbocycles.